The summed E-state index contributed by atoms with van der Waals surface area (Å²) in [6.45, 7) is 5.57. The van der Waals surface area contributed by atoms with E-state index in [0.29, 0.717) is 22.5 Å². The maximum absolute atomic E-state index is 14.9. The molecule has 9 nitrogen and oxygen atoms in total. The average Bonchev–Trinajstić information content (AvgIpc) is 2.88. The van der Waals surface area contributed by atoms with Crippen LogP contribution in [0.4, 0.5) is 32.3 Å². The summed E-state index contributed by atoms with van der Waals surface area (Å²) in [6, 6.07) is 7.77. The molecule has 1 aromatic carbocycles. The first-order valence-corrected chi connectivity index (χ1v) is 12.3. The van der Waals surface area contributed by atoms with Crippen molar-refractivity contribution in [2.45, 2.75) is 45.1 Å². The number of carbonyl (C=O) groups is 1. The van der Waals surface area contributed by atoms with E-state index in [-0.39, 0.29) is 11.9 Å². The second-order valence-electron chi connectivity index (χ2n) is 9.17. The predicted molar refractivity (Wildman–Crippen MR) is 136 cm³/mol. The van der Waals surface area contributed by atoms with E-state index in [2.05, 4.69) is 53.3 Å². The first kappa shape index (κ1) is 23.2. The molecule has 0 spiro atoms. The van der Waals surface area contributed by atoms with Gasteiger partial charge >= 0.3 is 6.03 Å². The van der Waals surface area contributed by atoms with Crippen LogP contribution in [0.2, 0.25) is 0 Å². The van der Waals surface area contributed by atoms with Crippen LogP contribution in [-0.4, -0.2) is 53.2 Å². The Kier molecular flexibility index (Phi) is 6.89. The summed E-state index contributed by atoms with van der Waals surface area (Å²) in [4.78, 5) is 27.9. The molecule has 1 aliphatic carbocycles. The highest BCUT2D eigenvalue weighted by molar-refractivity contribution is 5.91. The van der Waals surface area contributed by atoms with Gasteiger partial charge in [-0.2, -0.15) is 4.98 Å². The highest BCUT2D eigenvalue weighted by Crippen LogP contribution is 2.26. The van der Waals surface area contributed by atoms with Gasteiger partial charge in [0.1, 0.15) is 0 Å². The van der Waals surface area contributed by atoms with Gasteiger partial charge in [0.2, 0.25) is 5.95 Å². The predicted octanol–water partition coefficient (Wildman–Crippen LogP) is 4.08. The van der Waals surface area contributed by atoms with Gasteiger partial charge < -0.3 is 20.9 Å². The Bertz CT molecular complexity index is 1190. The molecule has 1 saturated heterocycles. The Balaban J connectivity index is 1.31. The number of piperazine rings is 1. The van der Waals surface area contributed by atoms with E-state index in [1.54, 1.807) is 13.1 Å². The summed E-state index contributed by atoms with van der Waals surface area (Å²) in [6.07, 6.45) is 6.82. The zero-order valence-electron chi connectivity index (χ0n) is 19.9. The lowest BCUT2D eigenvalue weighted by atomic mass is 9.96. The van der Waals surface area contributed by atoms with Crippen molar-refractivity contribution in [1.82, 2.24) is 25.6 Å². The minimum Gasteiger partial charge on any atom is -0.369 e. The lowest BCUT2D eigenvalue weighted by molar-refractivity contribution is 0.244. The summed E-state index contributed by atoms with van der Waals surface area (Å²) in [5.74, 6) is -0.360. The zero-order chi connectivity index (χ0) is 24.2. The molecule has 0 unspecified atom stereocenters. The zero-order valence-corrected chi connectivity index (χ0v) is 19.9. The minimum absolute atomic E-state index is 0.115. The third kappa shape index (κ3) is 5.43. The van der Waals surface area contributed by atoms with E-state index in [1.807, 2.05) is 12.1 Å². The number of nitrogens with zero attached hydrogens (tertiary/aromatic N) is 4. The van der Waals surface area contributed by atoms with Crippen molar-refractivity contribution >= 4 is 40.2 Å². The molecule has 3 aromatic rings. The van der Waals surface area contributed by atoms with Gasteiger partial charge in [-0.3, -0.25) is 5.32 Å². The monoisotopic (exact) mass is 478 g/mol. The van der Waals surface area contributed by atoms with Gasteiger partial charge in [-0.15, -0.1) is 0 Å². The first-order valence-electron chi connectivity index (χ1n) is 12.3. The average molecular weight is 479 g/mol. The smallest absolute Gasteiger partial charge is 0.320 e. The van der Waals surface area contributed by atoms with Crippen LogP contribution in [0.15, 0.2) is 30.5 Å². The van der Waals surface area contributed by atoms with Crippen LogP contribution in [0.5, 0.6) is 0 Å². The third-order valence-corrected chi connectivity index (χ3v) is 6.71. The van der Waals surface area contributed by atoms with Crippen LogP contribution in [0.25, 0.3) is 11.0 Å². The number of pyridine rings is 1. The van der Waals surface area contributed by atoms with Crippen LogP contribution in [0.3, 0.4) is 0 Å². The molecule has 35 heavy (non-hydrogen) atoms. The van der Waals surface area contributed by atoms with E-state index < -0.39 is 11.8 Å². The lowest BCUT2D eigenvalue weighted by Crippen LogP contribution is -2.43. The number of halogens is 1. The number of amides is 2. The second kappa shape index (κ2) is 10.4. The second-order valence-corrected chi connectivity index (χ2v) is 9.17. The van der Waals surface area contributed by atoms with Gasteiger partial charge in [0.05, 0.1) is 0 Å². The molecule has 5 rings (SSSR count). The van der Waals surface area contributed by atoms with Gasteiger partial charge in [-0.25, -0.2) is 19.2 Å². The van der Waals surface area contributed by atoms with E-state index in [0.717, 1.165) is 57.5 Å². The molecular weight excluding hydrogens is 447 g/mol. The molecule has 2 aliphatic rings. The van der Waals surface area contributed by atoms with E-state index in [9.17, 15) is 9.18 Å². The normalized spacial score (nSPS) is 16.8. The van der Waals surface area contributed by atoms with Gasteiger partial charge in [0, 0.05) is 60.7 Å². The molecule has 1 aliphatic heterocycles. The number of carbonyl (C=O) groups excluding carboxylic acids is 1. The summed E-state index contributed by atoms with van der Waals surface area (Å²) in [7, 11) is 0. The Morgan fingerprint density at radius 1 is 1.09 bits per heavy atom. The topological polar surface area (TPSA) is 107 Å². The number of anilines is 4. The Hall–Kier alpha value is -3.53. The number of urea groups is 1. The number of hydrogen-bond acceptors (Lipinski definition) is 7. The fraction of sp³-hybridized carbons (Fsp3) is 0.440. The van der Waals surface area contributed by atoms with Crippen molar-refractivity contribution in [3.05, 3.63) is 41.8 Å². The lowest BCUT2D eigenvalue weighted by Gasteiger charge is -2.29. The van der Waals surface area contributed by atoms with Crippen molar-refractivity contribution in [3.8, 4) is 0 Å². The molecule has 4 N–H and O–H groups in total. The molecule has 3 heterocycles. The Morgan fingerprint density at radius 2 is 1.83 bits per heavy atom. The summed E-state index contributed by atoms with van der Waals surface area (Å²) in [5.41, 5.74) is 2.67. The summed E-state index contributed by atoms with van der Waals surface area (Å²) in [5, 5.41) is 12.5. The van der Waals surface area contributed by atoms with Crippen molar-refractivity contribution < 1.29 is 9.18 Å². The molecule has 2 aromatic heterocycles. The van der Waals surface area contributed by atoms with Gasteiger partial charge in [-0.05, 0) is 44.0 Å². The number of fused-ring (bicyclic) bond motifs is 1. The van der Waals surface area contributed by atoms with E-state index in [4.69, 9.17) is 0 Å². The summed E-state index contributed by atoms with van der Waals surface area (Å²) < 4.78 is 14.9. The van der Waals surface area contributed by atoms with Crippen LogP contribution in [0.1, 0.15) is 37.7 Å². The number of benzene rings is 1. The molecule has 0 radical (unpaired) electrons. The number of hydrogen-bond donors (Lipinski definition) is 4. The maximum atomic E-state index is 14.9. The van der Waals surface area contributed by atoms with Crippen molar-refractivity contribution in [1.29, 1.82) is 0 Å². The molecular formula is C25H31FN8O. The fourth-order valence-corrected chi connectivity index (χ4v) is 4.70. The standard InChI is InChI=1S/C25H31FN8O/c1-16-20-15-28-24(29-18-7-9-19(10-8-18)34-13-11-27-12-14-34)32-22(20)31-23(21(16)26)33-25(35)30-17-5-3-2-4-6-17/h7-10,15,17,27H,2-6,11-14H2,1H3,(H3,28,29,30,31,32,33,35). The molecule has 0 atom stereocenters. The fourth-order valence-electron chi connectivity index (χ4n) is 4.70. The van der Waals surface area contributed by atoms with Crippen LogP contribution >= 0.6 is 0 Å². The highest BCUT2D eigenvalue weighted by atomic mass is 19.1. The van der Waals surface area contributed by atoms with Crippen molar-refractivity contribution in [2.75, 3.05) is 41.7 Å². The third-order valence-electron chi connectivity index (χ3n) is 6.71. The van der Waals surface area contributed by atoms with E-state index >= 15 is 0 Å². The maximum Gasteiger partial charge on any atom is 0.320 e. The number of aromatic nitrogens is 3. The molecule has 2 fully saturated rings. The SMILES string of the molecule is Cc1c(F)c(NC(=O)NC2CCCCC2)nc2nc(Nc3ccc(N4CCNCC4)cc3)ncc12. The van der Waals surface area contributed by atoms with Gasteiger partial charge in [-0.1, -0.05) is 19.3 Å². The van der Waals surface area contributed by atoms with Gasteiger partial charge in [0.15, 0.2) is 17.3 Å². The van der Waals surface area contributed by atoms with Crippen LogP contribution < -0.4 is 26.2 Å². The van der Waals surface area contributed by atoms with Crippen LogP contribution in [0, 0.1) is 12.7 Å². The van der Waals surface area contributed by atoms with Crippen LogP contribution in [-0.2, 0) is 0 Å². The molecule has 184 valence electrons. The molecule has 2 amide bonds. The number of aryl methyl sites for hydroxylation is 1. The minimum atomic E-state index is -0.580. The molecule has 0 bridgehead atoms. The highest BCUT2D eigenvalue weighted by Gasteiger charge is 2.19. The molecule has 1 saturated carbocycles. The van der Waals surface area contributed by atoms with E-state index in [1.165, 1.54) is 12.1 Å². The molecule has 10 heteroatoms. The number of rotatable bonds is 5. The number of nitrogens with one attached hydrogen (secondary N) is 4. The first-order chi connectivity index (χ1) is 17.1. The van der Waals surface area contributed by atoms with Crippen molar-refractivity contribution in [3.63, 3.8) is 0 Å². The Morgan fingerprint density at radius 3 is 2.57 bits per heavy atom. The Labute approximate surface area is 203 Å². The van der Waals surface area contributed by atoms with Crippen molar-refractivity contribution in [2.24, 2.45) is 0 Å². The van der Waals surface area contributed by atoms with Gasteiger partial charge in [0.25, 0.3) is 0 Å². The quantitative estimate of drug-likeness (QED) is 0.438. The summed E-state index contributed by atoms with van der Waals surface area (Å²) >= 11 is 0. The largest absolute Gasteiger partial charge is 0.369 e.